The number of aromatic nitrogens is 2. The van der Waals surface area contributed by atoms with Gasteiger partial charge in [0.1, 0.15) is 11.3 Å². The maximum Gasteiger partial charge on any atom is 0.337 e. The molecule has 2 aromatic rings. The molecule has 4 heteroatoms. The number of carboxylic acids is 1. The normalized spacial score (nSPS) is 13.1. The molecule has 0 amide bonds. The highest BCUT2D eigenvalue weighted by Crippen LogP contribution is 2.29. The second-order valence-electron chi connectivity index (χ2n) is 5.23. The molecule has 4 nitrogen and oxygen atoms in total. The lowest BCUT2D eigenvalue weighted by Gasteiger charge is -2.17. The van der Waals surface area contributed by atoms with Crippen LogP contribution in [0.15, 0.2) is 18.2 Å². The van der Waals surface area contributed by atoms with E-state index in [9.17, 15) is 9.90 Å². The van der Waals surface area contributed by atoms with Crippen LogP contribution in [0, 0.1) is 0 Å². The average Bonchev–Trinajstić information content (AvgIpc) is 2.76. The molecule has 0 aliphatic carbocycles. The highest BCUT2D eigenvalue weighted by molar-refractivity contribution is 6.01. The van der Waals surface area contributed by atoms with Gasteiger partial charge in [-0.1, -0.05) is 26.8 Å². The van der Waals surface area contributed by atoms with Gasteiger partial charge in [-0.3, -0.25) is 0 Å². The molecular weight excluding hydrogens is 240 g/mol. The number of hydrogen-bond donors (Lipinski definition) is 1. The number of carbonyl (C=O) groups is 1. The maximum absolute atomic E-state index is 11.3. The number of aromatic carboxylic acids is 1. The number of imidazole rings is 1. The summed E-state index contributed by atoms with van der Waals surface area (Å²) in [5.41, 5.74) is 1.79. The first-order chi connectivity index (χ1) is 8.97. The molecule has 0 aliphatic rings. The SMILES string of the molecule is CCC(C)n1c(C(C)C)nc2c(C(=O)O)cccc21. The van der Waals surface area contributed by atoms with Gasteiger partial charge in [0.05, 0.1) is 11.1 Å². The van der Waals surface area contributed by atoms with E-state index in [4.69, 9.17) is 0 Å². The summed E-state index contributed by atoms with van der Waals surface area (Å²) in [6.45, 7) is 8.43. The third kappa shape index (κ3) is 2.23. The van der Waals surface area contributed by atoms with Gasteiger partial charge in [-0.05, 0) is 25.5 Å². The minimum atomic E-state index is -0.922. The minimum Gasteiger partial charge on any atom is -0.478 e. The van der Waals surface area contributed by atoms with Gasteiger partial charge in [0.2, 0.25) is 0 Å². The fourth-order valence-corrected chi connectivity index (χ4v) is 2.36. The number of rotatable bonds is 4. The predicted molar refractivity (Wildman–Crippen MR) is 75.8 cm³/mol. The molecule has 0 bridgehead atoms. The Morgan fingerprint density at radius 1 is 1.37 bits per heavy atom. The van der Waals surface area contributed by atoms with Crippen molar-refractivity contribution in [3.05, 3.63) is 29.6 Å². The van der Waals surface area contributed by atoms with E-state index in [0.29, 0.717) is 11.6 Å². The molecule has 1 atom stereocenters. The van der Waals surface area contributed by atoms with Gasteiger partial charge in [-0.15, -0.1) is 0 Å². The van der Waals surface area contributed by atoms with E-state index in [-0.39, 0.29) is 11.5 Å². The highest BCUT2D eigenvalue weighted by Gasteiger charge is 2.20. The van der Waals surface area contributed by atoms with Crippen molar-refractivity contribution in [2.75, 3.05) is 0 Å². The molecule has 1 aromatic carbocycles. The number of benzene rings is 1. The Kier molecular flexibility index (Phi) is 3.60. The lowest BCUT2D eigenvalue weighted by Crippen LogP contribution is -2.09. The largest absolute Gasteiger partial charge is 0.478 e. The van der Waals surface area contributed by atoms with Crippen molar-refractivity contribution in [3.8, 4) is 0 Å². The van der Waals surface area contributed by atoms with Crippen molar-refractivity contribution in [2.24, 2.45) is 0 Å². The first kappa shape index (κ1) is 13.6. The van der Waals surface area contributed by atoms with Crippen LogP contribution >= 0.6 is 0 Å². The van der Waals surface area contributed by atoms with E-state index >= 15 is 0 Å². The van der Waals surface area contributed by atoms with Crippen molar-refractivity contribution < 1.29 is 9.90 Å². The molecule has 0 saturated carbocycles. The van der Waals surface area contributed by atoms with Crippen LogP contribution in [0.3, 0.4) is 0 Å². The van der Waals surface area contributed by atoms with Gasteiger partial charge < -0.3 is 9.67 Å². The predicted octanol–water partition coefficient (Wildman–Crippen LogP) is 3.83. The molecule has 102 valence electrons. The molecular formula is C15H20N2O2. The van der Waals surface area contributed by atoms with Crippen LogP contribution in [-0.2, 0) is 0 Å². The Morgan fingerprint density at radius 2 is 2.05 bits per heavy atom. The van der Waals surface area contributed by atoms with E-state index in [2.05, 4.69) is 37.2 Å². The van der Waals surface area contributed by atoms with E-state index < -0.39 is 5.97 Å². The number of nitrogens with zero attached hydrogens (tertiary/aromatic N) is 2. The van der Waals surface area contributed by atoms with Crippen LogP contribution in [0.5, 0.6) is 0 Å². The lowest BCUT2D eigenvalue weighted by atomic mass is 10.1. The summed E-state index contributed by atoms with van der Waals surface area (Å²) in [6, 6.07) is 5.66. The number of hydrogen-bond acceptors (Lipinski definition) is 2. The van der Waals surface area contributed by atoms with Crippen LogP contribution in [0.25, 0.3) is 11.0 Å². The fourth-order valence-electron chi connectivity index (χ4n) is 2.36. The average molecular weight is 260 g/mol. The molecule has 1 aromatic heterocycles. The van der Waals surface area contributed by atoms with Gasteiger partial charge in [-0.2, -0.15) is 0 Å². The Bertz CT molecular complexity index is 614. The smallest absolute Gasteiger partial charge is 0.337 e. The van der Waals surface area contributed by atoms with Crippen LogP contribution in [-0.4, -0.2) is 20.6 Å². The molecule has 19 heavy (non-hydrogen) atoms. The van der Waals surface area contributed by atoms with E-state index in [1.54, 1.807) is 12.1 Å². The third-order valence-electron chi connectivity index (χ3n) is 3.53. The van der Waals surface area contributed by atoms with Crippen molar-refractivity contribution in [3.63, 3.8) is 0 Å². The molecule has 0 fully saturated rings. The number of fused-ring (bicyclic) bond motifs is 1. The molecule has 1 unspecified atom stereocenters. The molecule has 0 aliphatic heterocycles. The number of carboxylic acid groups (broad SMARTS) is 1. The Labute approximate surface area is 113 Å². The first-order valence-corrected chi connectivity index (χ1v) is 6.71. The first-order valence-electron chi connectivity index (χ1n) is 6.71. The van der Waals surface area contributed by atoms with Crippen LogP contribution in [0.1, 0.15) is 62.3 Å². The topological polar surface area (TPSA) is 55.1 Å². The van der Waals surface area contributed by atoms with E-state index in [1.807, 2.05) is 6.07 Å². The molecule has 1 N–H and O–H groups in total. The molecule has 0 spiro atoms. The maximum atomic E-state index is 11.3. The van der Waals surface area contributed by atoms with Gasteiger partial charge in [0.15, 0.2) is 0 Å². The third-order valence-corrected chi connectivity index (χ3v) is 3.53. The summed E-state index contributed by atoms with van der Waals surface area (Å²) in [5, 5.41) is 9.27. The molecule has 2 rings (SSSR count). The second kappa shape index (κ2) is 5.03. The standard InChI is InChI=1S/C15H20N2O2/c1-5-10(4)17-12-8-6-7-11(15(18)19)13(12)16-14(17)9(2)3/h6-10H,5H2,1-4H3,(H,18,19). The second-order valence-corrected chi connectivity index (χ2v) is 5.23. The summed E-state index contributed by atoms with van der Waals surface area (Å²) in [4.78, 5) is 15.9. The van der Waals surface area contributed by atoms with Gasteiger partial charge in [0.25, 0.3) is 0 Å². The Morgan fingerprint density at radius 3 is 2.58 bits per heavy atom. The number of para-hydroxylation sites is 1. The van der Waals surface area contributed by atoms with Gasteiger partial charge in [-0.25, -0.2) is 9.78 Å². The molecule has 0 saturated heterocycles. The Balaban J connectivity index is 2.80. The zero-order valence-electron chi connectivity index (χ0n) is 11.8. The lowest BCUT2D eigenvalue weighted by molar-refractivity contribution is 0.0699. The zero-order valence-corrected chi connectivity index (χ0v) is 11.8. The summed E-state index contributed by atoms with van der Waals surface area (Å²) >= 11 is 0. The Hall–Kier alpha value is -1.84. The van der Waals surface area contributed by atoms with Crippen molar-refractivity contribution in [1.82, 2.24) is 9.55 Å². The van der Waals surface area contributed by atoms with E-state index in [0.717, 1.165) is 17.8 Å². The van der Waals surface area contributed by atoms with E-state index in [1.165, 1.54) is 0 Å². The molecule has 1 heterocycles. The van der Waals surface area contributed by atoms with Crippen molar-refractivity contribution >= 4 is 17.0 Å². The van der Waals surface area contributed by atoms with Crippen LogP contribution < -0.4 is 0 Å². The summed E-state index contributed by atoms with van der Waals surface area (Å²) in [6.07, 6.45) is 0.989. The van der Waals surface area contributed by atoms with Crippen LogP contribution in [0.2, 0.25) is 0 Å². The van der Waals surface area contributed by atoms with Crippen LogP contribution in [0.4, 0.5) is 0 Å². The fraction of sp³-hybridized carbons (Fsp3) is 0.467. The molecule has 0 radical (unpaired) electrons. The summed E-state index contributed by atoms with van der Waals surface area (Å²) < 4.78 is 2.17. The van der Waals surface area contributed by atoms with Gasteiger partial charge in [0, 0.05) is 12.0 Å². The summed E-state index contributed by atoms with van der Waals surface area (Å²) in [5.74, 6) is 0.302. The monoisotopic (exact) mass is 260 g/mol. The summed E-state index contributed by atoms with van der Waals surface area (Å²) in [7, 11) is 0. The quantitative estimate of drug-likeness (QED) is 0.909. The minimum absolute atomic E-state index is 0.267. The van der Waals surface area contributed by atoms with Crippen molar-refractivity contribution in [2.45, 2.75) is 46.1 Å². The van der Waals surface area contributed by atoms with Gasteiger partial charge >= 0.3 is 5.97 Å². The zero-order chi connectivity index (χ0) is 14.2. The highest BCUT2D eigenvalue weighted by atomic mass is 16.4. The van der Waals surface area contributed by atoms with Crippen molar-refractivity contribution in [1.29, 1.82) is 0 Å².